The van der Waals surface area contributed by atoms with Crippen LogP contribution in [-0.4, -0.2) is 52.0 Å². The molecule has 1 atom stereocenters. The lowest BCUT2D eigenvalue weighted by Gasteiger charge is -2.31. The zero-order valence-corrected chi connectivity index (χ0v) is 13.4. The summed E-state index contributed by atoms with van der Waals surface area (Å²) in [4.78, 5) is 14.3. The molecule has 0 radical (unpaired) electrons. The largest absolute Gasteiger partial charge is 0.380 e. The van der Waals surface area contributed by atoms with Gasteiger partial charge < -0.3 is 25.4 Å². The van der Waals surface area contributed by atoms with Gasteiger partial charge in [-0.05, 0) is 12.1 Å². The molecular formula is C15H22ClN3O3. The van der Waals surface area contributed by atoms with E-state index in [1.807, 2.05) is 18.2 Å². The number of carbonyl (C=O) groups is 1. The lowest BCUT2D eigenvalue weighted by Crippen LogP contribution is -2.37. The predicted molar refractivity (Wildman–Crippen MR) is 87.6 cm³/mol. The van der Waals surface area contributed by atoms with Crippen molar-refractivity contribution in [3.63, 3.8) is 0 Å². The van der Waals surface area contributed by atoms with Crippen LogP contribution in [0.15, 0.2) is 18.2 Å². The van der Waals surface area contributed by atoms with Crippen molar-refractivity contribution in [3.8, 4) is 0 Å². The smallest absolute Gasteiger partial charge is 0.227 e. The molecule has 0 aromatic heterocycles. The van der Waals surface area contributed by atoms with Gasteiger partial charge in [-0.2, -0.15) is 0 Å². The Hall–Kier alpha value is -1.34. The number of nitrogens with zero attached hydrogens (tertiary/aromatic N) is 1. The van der Waals surface area contributed by atoms with Gasteiger partial charge in [0.2, 0.25) is 5.91 Å². The van der Waals surface area contributed by atoms with Gasteiger partial charge in [-0.1, -0.05) is 17.7 Å². The summed E-state index contributed by atoms with van der Waals surface area (Å²) in [5.41, 5.74) is 7.08. The summed E-state index contributed by atoms with van der Waals surface area (Å²) in [5, 5.41) is 3.52. The van der Waals surface area contributed by atoms with Gasteiger partial charge in [-0.25, -0.2) is 0 Å². The number of anilines is 2. The van der Waals surface area contributed by atoms with E-state index in [0.717, 1.165) is 18.8 Å². The highest BCUT2D eigenvalue weighted by Gasteiger charge is 2.20. The molecule has 3 N–H and O–H groups in total. The number of rotatable bonds is 6. The normalized spacial score (nSPS) is 16.4. The third-order valence-electron chi connectivity index (χ3n) is 3.60. The number of hydrogen-bond acceptors (Lipinski definition) is 5. The second-order valence-corrected chi connectivity index (χ2v) is 5.49. The zero-order chi connectivity index (χ0) is 15.9. The van der Waals surface area contributed by atoms with Crippen molar-refractivity contribution >= 4 is 28.9 Å². The second kappa shape index (κ2) is 8.33. The monoisotopic (exact) mass is 327 g/mol. The molecule has 1 fully saturated rings. The van der Waals surface area contributed by atoms with Crippen LogP contribution < -0.4 is 16.0 Å². The highest BCUT2D eigenvalue weighted by atomic mass is 35.5. The van der Waals surface area contributed by atoms with Crippen molar-refractivity contribution in [2.45, 2.75) is 12.5 Å². The Kier molecular flexibility index (Phi) is 6.45. The number of methoxy groups -OCH3 is 1. The quantitative estimate of drug-likeness (QED) is 0.827. The number of halogens is 1. The number of hydrogen-bond donors (Lipinski definition) is 2. The first-order chi connectivity index (χ1) is 10.7. The first-order valence-corrected chi connectivity index (χ1v) is 7.67. The van der Waals surface area contributed by atoms with Crippen LogP contribution in [0.2, 0.25) is 5.02 Å². The molecule has 122 valence electrons. The fraction of sp³-hybridized carbons (Fsp3) is 0.533. The van der Waals surface area contributed by atoms with E-state index >= 15 is 0 Å². The topological polar surface area (TPSA) is 76.8 Å². The summed E-state index contributed by atoms with van der Waals surface area (Å²) >= 11 is 6.33. The number of para-hydroxylation sites is 1. The molecule has 1 amide bonds. The van der Waals surface area contributed by atoms with Gasteiger partial charge >= 0.3 is 0 Å². The fourth-order valence-electron chi connectivity index (χ4n) is 2.40. The van der Waals surface area contributed by atoms with E-state index in [4.69, 9.17) is 26.8 Å². The molecule has 6 nitrogen and oxygen atoms in total. The van der Waals surface area contributed by atoms with Crippen molar-refractivity contribution < 1.29 is 14.3 Å². The maximum Gasteiger partial charge on any atom is 0.227 e. The van der Waals surface area contributed by atoms with Crippen LogP contribution in [0.3, 0.4) is 0 Å². The number of nitrogens with one attached hydrogen (secondary N) is 1. The fourth-order valence-corrected chi connectivity index (χ4v) is 2.69. The number of nitrogens with two attached hydrogens (primary N) is 1. The summed E-state index contributed by atoms with van der Waals surface area (Å²) in [7, 11) is 1.54. The molecule has 1 heterocycles. The molecule has 1 aromatic rings. The minimum atomic E-state index is -0.286. The van der Waals surface area contributed by atoms with Crippen molar-refractivity contribution in [1.82, 2.24) is 0 Å². The lowest BCUT2D eigenvalue weighted by atomic mass is 10.2. The first-order valence-electron chi connectivity index (χ1n) is 7.29. The molecule has 0 bridgehead atoms. The Bertz CT molecular complexity index is 503. The van der Waals surface area contributed by atoms with E-state index in [2.05, 4.69) is 10.2 Å². The average molecular weight is 328 g/mol. The van der Waals surface area contributed by atoms with E-state index in [0.29, 0.717) is 30.5 Å². The summed E-state index contributed by atoms with van der Waals surface area (Å²) in [6.45, 7) is 3.09. The second-order valence-electron chi connectivity index (χ2n) is 5.08. The van der Waals surface area contributed by atoms with Gasteiger partial charge in [0, 0.05) is 26.7 Å². The molecule has 1 aromatic carbocycles. The summed E-state index contributed by atoms with van der Waals surface area (Å²) in [5.74, 6) is -0.144. The Labute approximate surface area is 135 Å². The van der Waals surface area contributed by atoms with Crippen LogP contribution >= 0.6 is 11.6 Å². The summed E-state index contributed by atoms with van der Waals surface area (Å²) < 4.78 is 10.5. The van der Waals surface area contributed by atoms with Gasteiger partial charge in [-0.3, -0.25) is 4.79 Å². The molecule has 0 spiro atoms. The highest BCUT2D eigenvalue weighted by Crippen LogP contribution is 2.34. The minimum absolute atomic E-state index is 0.144. The molecule has 1 aliphatic rings. The lowest BCUT2D eigenvalue weighted by molar-refractivity contribution is -0.118. The van der Waals surface area contributed by atoms with Crippen molar-refractivity contribution in [3.05, 3.63) is 23.2 Å². The van der Waals surface area contributed by atoms with Crippen molar-refractivity contribution in [1.29, 1.82) is 0 Å². The van der Waals surface area contributed by atoms with Crippen LogP contribution in [0.4, 0.5) is 11.4 Å². The Balaban J connectivity index is 2.13. The standard InChI is InChI=1S/C15H22ClN3O3/c1-21-11(10-17)9-14(20)18-13-4-2-3-12(16)15(13)19-5-7-22-8-6-19/h2-4,11H,5-10,17H2,1H3,(H,18,20). The maximum atomic E-state index is 12.2. The van der Waals surface area contributed by atoms with Gasteiger partial charge in [0.05, 0.1) is 42.1 Å². The molecule has 1 unspecified atom stereocenters. The molecule has 7 heteroatoms. The predicted octanol–water partition coefficient (Wildman–Crippen LogP) is 1.48. The summed E-state index contributed by atoms with van der Waals surface area (Å²) in [6, 6.07) is 5.48. The van der Waals surface area contributed by atoms with Gasteiger partial charge in [0.25, 0.3) is 0 Å². The van der Waals surface area contributed by atoms with Gasteiger partial charge in [-0.15, -0.1) is 0 Å². The molecule has 22 heavy (non-hydrogen) atoms. The van der Waals surface area contributed by atoms with Gasteiger partial charge in [0.1, 0.15) is 0 Å². The highest BCUT2D eigenvalue weighted by molar-refractivity contribution is 6.34. The molecule has 1 aliphatic heterocycles. The van der Waals surface area contributed by atoms with Crippen molar-refractivity contribution in [2.24, 2.45) is 5.73 Å². The SMILES string of the molecule is COC(CN)CC(=O)Nc1cccc(Cl)c1N1CCOCC1. The van der Waals surface area contributed by atoms with Crippen LogP contribution in [0, 0.1) is 0 Å². The third-order valence-corrected chi connectivity index (χ3v) is 3.90. The summed E-state index contributed by atoms with van der Waals surface area (Å²) in [6.07, 6.45) is -0.0757. The van der Waals surface area contributed by atoms with Gasteiger partial charge in [0.15, 0.2) is 0 Å². The van der Waals surface area contributed by atoms with Crippen LogP contribution in [0.1, 0.15) is 6.42 Å². The van der Waals surface area contributed by atoms with Crippen LogP contribution in [-0.2, 0) is 14.3 Å². The molecular weight excluding hydrogens is 306 g/mol. The van der Waals surface area contributed by atoms with E-state index in [-0.39, 0.29) is 18.4 Å². The molecule has 0 aliphatic carbocycles. The van der Waals surface area contributed by atoms with Crippen LogP contribution in [0.5, 0.6) is 0 Å². The molecule has 0 saturated carbocycles. The number of carbonyl (C=O) groups excluding carboxylic acids is 1. The average Bonchev–Trinajstić information content (AvgIpc) is 2.53. The van der Waals surface area contributed by atoms with Crippen molar-refractivity contribution in [2.75, 3.05) is 50.2 Å². The zero-order valence-electron chi connectivity index (χ0n) is 12.7. The number of ether oxygens (including phenoxy) is 2. The third kappa shape index (κ3) is 4.33. The molecule has 2 rings (SSSR count). The number of morpholine rings is 1. The van der Waals surface area contributed by atoms with E-state index < -0.39 is 0 Å². The Morgan fingerprint density at radius 1 is 1.50 bits per heavy atom. The first kappa shape index (κ1) is 17.0. The molecule has 1 saturated heterocycles. The number of benzene rings is 1. The van der Waals surface area contributed by atoms with E-state index in [1.165, 1.54) is 0 Å². The van der Waals surface area contributed by atoms with E-state index in [9.17, 15) is 4.79 Å². The maximum absolute atomic E-state index is 12.2. The van der Waals surface area contributed by atoms with Crippen LogP contribution in [0.25, 0.3) is 0 Å². The minimum Gasteiger partial charge on any atom is -0.380 e. The Morgan fingerprint density at radius 3 is 2.86 bits per heavy atom. The Morgan fingerprint density at radius 2 is 2.23 bits per heavy atom. The van der Waals surface area contributed by atoms with E-state index in [1.54, 1.807) is 7.11 Å². The number of amides is 1.